The normalized spacial score (nSPS) is 12.0. The molecule has 0 saturated heterocycles. The minimum atomic E-state index is -0.361. The first kappa shape index (κ1) is 51.0. The Labute approximate surface area is 326 Å². The van der Waals surface area contributed by atoms with Crippen LogP contribution in [0, 0.1) is 0 Å². The number of carbonyl (C=O) groups excluding carboxylic acids is 2. The molecule has 0 atom stereocenters. The third kappa shape index (κ3) is 39.5. The van der Waals surface area contributed by atoms with Gasteiger partial charge in [-0.3, -0.25) is 9.59 Å². The zero-order valence-electron chi connectivity index (χ0n) is 34.7. The number of carbonyl (C=O) groups is 2. The Morgan fingerprint density at radius 2 is 1.00 bits per heavy atom. The van der Waals surface area contributed by atoms with Gasteiger partial charge in [0.05, 0.1) is 26.2 Å². The monoisotopic (exact) mass is 750 g/mol. The predicted octanol–water partition coefficient (Wildman–Crippen LogP) is 11.2. The van der Waals surface area contributed by atoms with Crippen molar-refractivity contribution in [2.75, 3.05) is 52.7 Å². The molecule has 0 radical (unpaired) electrons. The first-order valence-corrected chi connectivity index (χ1v) is 21.9. The number of rotatable bonds is 41. The summed E-state index contributed by atoms with van der Waals surface area (Å²) < 4.78 is 22.9. The topological polar surface area (TPSA) is 94.5 Å². The van der Waals surface area contributed by atoms with E-state index in [0.717, 1.165) is 135 Å². The maximum absolute atomic E-state index is 12.5. The number of hydrogen-bond donors (Lipinski definition) is 1. The summed E-state index contributed by atoms with van der Waals surface area (Å²) in [5.41, 5.74) is 0. The van der Waals surface area contributed by atoms with E-state index in [-0.39, 0.29) is 24.8 Å². The van der Waals surface area contributed by atoms with Gasteiger partial charge in [-0.2, -0.15) is 0 Å². The molecule has 0 fully saturated rings. The molecule has 8 heteroatoms. The van der Waals surface area contributed by atoms with Crippen molar-refractivity contribution in [3.05, 3.63) is 36.5 Å². The lowest BCUT2D eigenvalue weighted by atomic mass is 10.1. The van der Waals surface area contributed by atoms with Crippen molar-refractivity contribution in [1.82, 2.24) is 4.90 Å². The molecule has 0 aromatic heterocycles. The lowest BCUT2D eigenvalue weighted by Crippen LogP contribution is -2.29. The largest absolute Gasteiger partial charge is 0.466 e. The van der Waals surface area contributed by atoms with Gasteiger partial charge in [0.15, 0.2) is 6.29 Å². The number of esters is 2. The van der Waals surface area contributed by atoms with Crippen molar-refractivity contribution in [3.63, 3.8) is 0 Å². The average Bonchev–Trinajstić information content (AvgIpc) is 3.15. The lowest BCUT2D eigenvalue weighted by molar-refractivity contribution is -0.159. The highest BCUT2D eigenvalue weighted by Gasteiger charge is 2.13. The van der Waals surface area contributed by atoms with Gasteiger partial charge in [-0.15, -0.1) is 0 Å². The van der Waals surface area contributed by atoms with Crippen molar-refractivity contribution in [2.24, 2.45) is 0 Å². The van der Waals surface area contributed by atoms with Crippen LogP contribution in [0.3, 0.4) is 0 Å². The van der Waals surface area contributed by atoms with Crippen LogP contribution in [0.25, 0.3) is 0 Å². The van der Waals surface area contributed by atoms with E-state index >= 15 is 0 Å². The number of unbranched alkanes of at least 4 members (excludes halogenated alkanes) is 14. The second kappa shape index (κ2) is 42.7. The maximum atomic E-state index is 12.5. The fraction of sp³-hybridized carbons (Fsp3) is 0.822. The summed E-state index contributed by atoms with van der Waals surface area (Å²) in [4.78, 5) is 26.8. The Morgan fingerprint density at radius 3 is 1.60 bits per heavy atom. The first-order chi connectivity index (χ1) is 26.1. The van der Waals surface area contributed by atoms with E-state index in [9.17, 15) is 14.7 Å². The van der Waals surface area contributed by atoms with Gasteiger partial charge in [0.1, 0.15) is 0 Å². The van der Waals surface area contributed by atoms with Crippen LogP contribution in [-0.4, -0.2) is 80.9 Å². The molecular weight excluding hydrogens is 666 g/mol. The van der Waals surface area contributed by atoms with Gasteiger partial charge >= 0.3 is 11.9 Å². The number of ether oxygens (including phenoxy) is 4. The van der Waals surface area contributed by atoms with Crippen molar-refractivity contribution in [2.45, 2.75) is 188 Å². The summed E-state index contributed by atoms with van der Waals surface area (Å²) in [5.74, 6) is -0.257. The molecule has 8 nitrogen and oxygen atoms in total. The Bertz CT molecular complexity index is 851. The average molecular weight is 750 g/mol. The molecule has 0 heterocycles. The smallest absolute Gasteiger partial charge is 0.305 e. The number of allylic oxidation sites excluding steroid dienone is 5. The van der Waals surface area contributed by atoms with Gasteiger partial charge in [0.2, 0.25) is 0 Å². The number of nitrogens with zero attached hydrogens (tertiary/aromatic N) is 1. The van der Waals surface area contributed by atoms with Crippen LogP contribution in [0.1, 0.15) is 181 Å². The van der Waals surface area contributed by atoms with Gasteiger partial charge < -0.3 is 29.0 Å². The van der Waals surface area contributed by atoms with Crippen LogP contribution in [0.15, 0.2) is 36.5 Å². The van der Waals surface area contributed by atoms with E-state index in [1.807, 2.05) is 0 Å². The second-order valence-corrected chi connectivity index (χ2v) is 14.2. The summed E-state index contributed by atoms with van der Waals surface area (Å²) in [7, 11) is 0. The first-order valence-electron chi connectivity index (χ1n) is 21.9. The van der Waals surface area contributed by atoms with Gasteiger partial charge in [0.25, 0.3) is 0 Å². The summed E-state index contributed by atoms with van der Waals surface area (Å²) in [6.45, 7) is 11.6. The van der Waals surface area contributed by atoms with Crippen LogP contribution in [-0.2, 0) is 28.5 Å². The Hall–Kier alpha value is -2.00. The molecule has 0 aromatic carbocycles. The zero-order valence-corrected chi connectivity index (χ0v) is 34.7. The van der Waals surface area contributed by atoms with Gasteiger partial charge in [-0.25, -0.2) is 0 Å². The molecule has 1 N–H and O–H groups in total. The van der Waals surface area contributed by atoms with E-state index in [1.54, 1.807) is 0 Å². The molecule has 0 aliphatic rings. The molecule has 0 rings (SSSR count). The molecule has 0 bridgehead atoms. The molecule has 310 valence electrons. The summed E-state index contributed by atoms with van der Waals surface area (Å²) in [6, 6.07) is 0. The van der Waals surface area contributed by atoms with Gasteiger partial charge in [-0.05, 0) is 109 Å². The third-order valence-electron chi connectivity index (χ3n) is 9.12. The lowest BCUT2D eigenvalue weighted by Gasteiger charge is -2.21. The molecule has 0 amide bonds. The molecule has 0 unspecified atom stereocenters. The minimum Gasteiger partial charge on any atom is -0.466 e. The van der Waals surface area contributed by atoms with Crippen LogP contribution >= 0.6 is 0 Å². The summed E-state index contributed by atoms with van der Waals surface area (Å²) in [6.07, 6.45) is 37.6. The highest BCUT2D eigenvalue weighted by atomic mass is 16.7. The quantitative estimate of drug-likeness (QED) is 0.0286. The Kier molecular flexibility index (Phi) is 41.1. The molecule has 0 saturated carbocycles. The predicted molar refractivity (Wildman–Crippen MR) is 221 cm³/mol. The Morgan fingerprint density at radius 1 is 0.509 bits per heavy atom. The molecule has 0 spiro atoms. The zero-order chi connectivity index (χ0) is 38.7. The van der Waals surface area contributed by atoms with E-state index in [2.05, 4.69) is 62.1 Å². The molecular formula is C45H83NO7. The number of hydrogen-bond acceptors (Lipinski definition) is 8. The van der Waals surface area contributed by atoms with E-state index in [0.29, 0.717) is 52.2 Å². The van der Waals surface area contributed by atoms with Gasteiger partial charge in [-0.1, -0.05) is 102 Å². The minimum absolute atomic E-state index is 0.0781. The van der Waals surface area contributed by atoms with Crippen molar-refractivity contribution >= 4 is 11.9 Å². The van der Waals surface area contributed by atoms with Gasteiger partial charge in [0, 0.05) is 32.6 Å². The summed E-state index contributed by atoms with van der Waals surface area (Å²) in [5, 5.41) is 9.52. The van der Waals surface area contributed by atoms with E-state index in [1.165, 1.54) is 19.3 Å². The standard InChI is InChI=1S/C45H83NO7/c1-4-7-10-13-16-23-28-39-50-43(48)32-25-18-17-19-26-35-46(37-38-47)36-27-20-24-29-40-51-44(49)33-34-45(52-41-30-21-14-11-8-5-2)53-42-31-22-15-12-9-6-3/h8-9,11-12,16,23,45,47H,4-7,10,13-15,17-22,24-42H2,1-3H3/b11-8-,12-9-,23-16-. The van der Waals surface area contributed by atoms with E-state index in [4.69, 9.17) is 18.9 Å². The van der Waals surface area contributed by atoms with Crippen LogP contribution < -0.4 is 0 Å². The fourth-order valence-electron chi connectivity index (χ4n) is 5.90. The molecule has 0 aliphatic heterocycles. The number of aliphatic hydroxyl groups excluding tert-OH is 1. The summed E-state index contributed by atoms with van der Waals surface area (Å²) >= 11 is 0. The van der Waals surface area contributed by atoms with Crippen LogP contribution in [0.4, 0.5) is 0 Å². The van der Waals surface area contributed by atoms with Crippen LogP contribution in [0.5, 0.6) is 0 Å². The molecule has 53 heavy (non-hydrogen) atoms. The molecule has 0 aromatic rings. The van der Waals surface area contributed by atoms with E-state index < -0.39 is 0 Å². The SMILES string of the molecule is CC/C=C\CCCCOC(CCC(=O)OCCCCCCN(CCO)CCCCCCCC(=O)OCC/C=C\CCCCC)OCCCC/C=C\CC. The highest BCUT2D eigenvalue weighted by Crippen LogP contribution is 2.12. The molecule has 0 aliphatic carbocycles. The second-order valence-electron chi connectivity index (χ2n) is 14.2. The van der Waals surface area contributed by atoms with Crippen molar-refractivity contribution in [1.29, 1.82) is 0 Å². The third-order valence-corrected chi connectivity index (χ3v) is 9.12. The highest BCUT2D eigenvalue weighted by molar-refractivity contribution is 5.69. The van der Waals surface area contributed by atoms with Crippen molar-refractivity contribution < 1.29 is 33.6 Å². The maximum Gasteiger partial charge on any atom is 0.305 e. The van der Waals surface area contributed by atoms with Crippen molar-refractivity contribution in [3.8, 4) is 0 Å². The number of aliphatic hydroxyl groups is 1. The van der Waals surface area contributed by atoms with Crippen LogP contribution in [0.2, 0.25) is 0 Å². The Balaban J connectivity index is 4.01. The fourth-order valence-corrected chi connectivity index (χ4v) is 5.90.